The molecule has 0 unspecified atom stereocenters. The second-order valence-corrected chi connectivity index (χ2v) is 8.28. The Morgan fingerprint density at radius 1 is 1.03 bits per heavy atom. The van der Waals surface area contributed by atoms with Gasteiger partial charge in [0.25, 0.3) is 0 Å². The number of likely N-dealkylation sites (N-methyl/N-ethyl adjacent to an activating group) is 1. The molecule has 2 heterocycles. The number of nitrogens with one attached hydrogen (secondary N) is 3. The fraction of sp³-hybridized carbons (Fsp3) is 0.250. The standard InChI is InChI=1S/C24H25F3N8O2/c1-28-21-20-22(30-13-29-21)35(14-31-20)18-6-4-16(5-7-18)32-23(36)33-17-10-15(24(25,26)27)11-19(12-17)37-9-8-34(2)3/h4-7,10-14H,8-9H2,1-3H3,(H,28,29,30)(H2,32,33,36). The van der Waals surface area contributed by atoms with Crippen LogP contribution in [-0.2, 0) is 6.18 Å². The molecule has 0 aliphatic rings. The van der Waals surface area contributed by atoms with Crippen LogP contribution in [0.5, 0.6) is 5.75 Å². The van der Waals surface area contributed by atoms with Gasteiger partial charge in [0.1, 0.15) is 25.0 Å². The molecule has 2 amide bonds. The first-order valence-corrected chi connectivity index (χ1v) is 11.2. The van der Waals surface area contributed by atoms with Crippen LogP contribution in [0, 0.1) is 0 Å². The summed E-state index contributed by atoms with van der Waals surface area (Å²) in [5, 5.41) is 8.02. The van der Waals surface area contributed by atoms with Gasteiger partial charge < -0.3 is 25.6 Å². The Morgan fingerprint density at radius 3 is 2.43 bits per heavy atom. The van der Waals surface area contributed by atoms with E-state index in [0.29, 0.717) is 29.2 Å². The summed E-state index contributed by atoms with van der Waals surface area (Å²) in [6.07, 6.45) is -1.56. The van der Waals surface area contributed by atoms with E-state index in [1.54, 1.807) is 42.2 Å². The van der Waals surface area contributed by atoms with E-state index in [1.165, 1.54) is 12.4 Å². The Labute approximate surface area is 210 Å². The summed E-state index contributed by atoms with van der Waals surface area (Å²) in [5.74, 6) is 0.605. The van der Waals surface area contributed by atoms with Gasteiger partial charge in [-0.15, -0.1) is 0 Å². The van der Waals surface area contributed by atoms with Crippen LogP contribution in [0.3, 0.4) is 0 Å². The quantitative estimate of drug-likeness (QED) is 0.319. The molecule has 4 rings (SSSR count). The number of benzene rings is 2. The molecule has 2 aromatic heterocycles. The SMILES string of the molecule is CNc1ncnc2c1ncn2-c1ccc(NC(=O)Nc2cc(OCCN(C)C)cc(C(F)(F)F)c2)cc1. The van der Waals surface area contributed by atoms with Crippen molar-refractivity contribution in [3.8, 4) is 11.4 Å². The van der Waals surface area contributed by atoms with E-state index in [0.717, 1.165) is 17.8 Å². The van der Waals surface area contributed by atoms with Crippen molar-refractivity contribution in [2.75, 3.05) is 50.2 Å². The van der Waals surface area contributed by atoms with E-state index >= 15 is 0 Å². The third kappa shape index (κ3) is 6.25. The maximum atomic E-state index is 13.4. The number of carbonyl (C=O) groups is 1. The van der Waals surface area contributed by atoms with Crippen LogP contribution >= 0.6 is 0 Å². The van der Waals surface area contributed by atoms with Crippen molar-refractivity contribution in [2.45, 2.75) is 6.18 Å². The van der Waals surface area contributed by atoms with Gasteiger partial charge in [0, 0.05) is 36.7 Å². The highest BCUT2D eigenvalue weighted by atomic mass is 19.4. The number of amides is 2. The van der Waals surface area contributed by atoms with Crippen LogP contribution in [0.1, 0.15) is 5.56 Å². The first-order chi connectivity index (χ1) is 17.6. The number of hydrogen-bond acceptors (Lipinski definition) is 7. The van der Waals surface area contributed by atoms with E-state index in [1.807, 2.05) is 19.0 Å². The summed E-state index contributed by atoms with van der Waals surface area (Å²) >= 11 is 0. The van der Waals surface area contributed by atoms with Gasteiger partial charge in [-0.2, -0.15) is 13.2 Å². The number of alkyl halides is 3. The molecule has 0 atom stereocenters. The summed E-state index contributed by atoms with van der Waals surface area (Å²) in [4.78, 5) is 27.1. The minimum absolute atomic E-state index is 0.00845. The number of hydrogen-bond donors (Lipinski definition) is 3. The molecule has 0 radical (unpaired) electrons. The Morgan fingerprint density at radius 2 is 1.76 bits per heavy atom. The number of rotatable bonds is 8. The molecule has 0 fully saturated rings. The van der Waals surface area contributed by atoms with Gasteiger partial charge in [-0.1, -0.05) is 0 Å². The largest absolute Gasteiger partial charge is 0.492 e. The summed E-state index contributed by atoms with van der Waals surface area (Å²) in [6, 6.07) is 9.21. The molecule has 194 valence electrons. The highest BCUT2D eigenvalue weighted by Gasteiger charge is 2.31. The maximum Gasteiger partial charge on any atom is 0.416 e. The zero-order valence-electron chi connectivity index (χ0n) is 20.3. The smallest absolute Gasteiger partial charge is 0.416 e. The lowest BCUT2D eigenvalue weighted by atomic mass is 10.2. The van der Waals surface area contributed by atoms with Crippen molar-refractivity contribution >= 4 is 34.4 Å². The molecule has 0 saturated heterocycles. The molecular weight excluding hydrogens is 489 g/mol. The average molecular weight is 515 g/mol. The zero-order chi connectivity index (χ0) is 26.6. The second-order valence-electron chi connectivity index (χ2n) is 8.28. The number of aromatic nitrogens is 4. The number of fused-ring (bicyclic) bond motifs is 1. The van der Waals surface area contributed by atoms with Gasteiger partial charge in [-0.3, -0.25) is 4.57 Å². The monoisotopic (exact) mass is 514 g/mol. The van der Waals surface area contributed by atoms with E-state index in [2.05, 4.69) is 30.9 Å². The van der Waals surface area contributed by atoms with E-state index in [9.17, 15) is 18.0 Å². The molecule has 0 aliphatic carbocycles. The van der Waals surface area contributed by atoms with Crippen LogP contribution in [0.25, 0.3) is 16.9 Å². The van der Waals surface area contributed by atoms with E-state index in [-0.39, 0.29) is 18.0 Å². The molecule has 2 aromatic carbocycles. The number of urea groups is 1. The Hall–Kier alpha value is -4.39. The van der Waals surface area contributed by atoms with Crippen molar-refractivity contribution in [2.24, 2.45) is 0 Å². The minimum atomic E-state index is -4.60. The molecular formula is C24H25F3N8O2. The number of carbonyl (C=O) groups excluding carboxylic acids is 1. The molecule has 0 aliphatic heterocycles. The molecule has 13 heteroatoms. The summed E-state index contributed by atoms with van der Waals surface area (Å²) in [6.45, 7) is 0.717. The fourth-order valence-electron chi connectivity index (χ4n) is 3.47. The van der Waals surface area contributed by atoms with Gasteiger partial charge in [-0.25, -0.2) is 19.7 Å². The zero-order valence-corrected chi connectivity index (χ0v) is 20.3. The van der Waals surface area contributed by atoms with Crippen LogP contribution < -0.4 is 20.7 Å². The molecule has 10 nitrogen and oxygen atoms in total. The van der Waals surface area contributed by atoms with Gasteiger partial charge in [0.15, 0.2) is 17.0 Å². The summed E-state index contributed by atoms with van der Waals surface area (Å²) < 4.78 is 47.3. The first-order valence-electron chi connectivity index (χ1n) is 11.2. The normalized spacial score (nSPS) is 11.5. The lowest BCUT2D eigenvalue weighted by Gasteiger charge is -2.15. The molecule has 3 N–H and O–H groups in total. The molecule has 0 spiro atoms. The number of halogens is 3. The maximum absolute atomic E-state index is 13.4. The van der Waals surface area contributed by atoms with E-state index in [4.69, 9.17) is 4.74 Å². The van der Waals surface area contributed by atoms with Crippen molar-refractivity contribution < 1.29 is 22.7 Å². The van der Waals surface area contributed by atoms with Gasteiger partial charge >= 0.3 is 12.2 Å². The summed E-state index contributed by atoms with van der Waals surface area (Å²) in [5.41, 5.74) is 1.42. The van der Waals surface area contributed by atoms with Crippen molar-refractivity contribution in [1.29, 1.82) is 0 Å². The van der Waals surface area contributed by atoms with Crippen molar-refractivity contribution in [1.82, 2.24) is 24.4 Å². The molecule has 37 heavy (non-hydrogen) atoms. The van der Waals surface area contributed by atoms with Gasteiger partial charge in [0.2, 0.25) is 0 Å². The number of nitrogens with zero attached hydrogens (tertiary/aromatic N) is 5. The van der Waals surface area contributed by atoms with Crippen LogP contribution in [-0.4, -0.2) is 64.7 Å². The van der Waals surface area contributed by atoms with Crippen molar-refractivity contribution in [3.63, 3.8) is 0 Å². The number of imidazole rings is 1. The van der Waals surface area contributed by atoms with E-state index < -0.39 is 17.8 Å². The number of anilines is 3. The molecule has 0 saturated carbocycles. The van der Waals surface area contributed by atoms with Crippen molar-refractivity contribution in [3.05, 3.63) is 60.7 Å². The predicted octanol–water partition coefficient (Wildman–Crippen LogP) is 4.46. The Bertz CT molecular complexity index is 1390. The van der Waals surface area contributed by atoms with Crippen LogP contribution in [0.15, 0.2) is 55.1 Å². The topological polar surface area (TPSA) is 109 Å². The first kappa shape index (κ1) is 25.7. The third-order valence-corrected chi connectivity index (χ3v) is 5.27. The van der Waals surface area contributed by atoms with Gasteiger partial charge in [0.05, 0.1) is 5.56 Å². The van der Waals surface area contributed by atoms with Crippen LogP contribution in [0.2, 0.25) is 0 Å². The number of ether oxygens (including phenoxy) is 1. The van der Waals surface area contributed by atoms with Crippen LogP contribution in [0.4, 0.5) is 35.2 Å². The molecule has 0 bridgehead atoms. The fourth-order valence-corrected chi connectivity index (χ4v) is 3.47. The summed E-state index contributed by atoms with van der Waals surface area (Å²) in [7, 11) is 5.39. The Balaban J connectivity index is 1.46. The molecule has 4 aromatic rings. The van der Waals surface area contributed by atoms with Gasteiger partial charge in [-0.05, 0) is 50.5 Å². The highest BCUT2D eigenvalue weighted by molar-refractivity contribution is 6.00. The lowest BCUT2D eigenvalue weighted by molar-refractivity contribution is -0.137. The predicted molar refractivity (Wildman–Crippen MR) is 134 cm³/mol. The highest BCUT2D eigenvalue weighted by Crippen LogP contribution is 2.34. The Kier molecular flexibility index (Phi) is 7.43. The minimum Gasteiger partial charge on any atom is -0.492 e. The average Bonchev–Trinajstić information content (AvgIpc) is 3.28. The third-order valence-electron chi connectivity index (χ3n) is 5.27. The second kappa shape index (κ2) is 10.7. The lowest BCUT2D eigenvalue weighted by Crippen LogP contribution is -2.21.